The molecule has 2 aliphatic rings. The molecule has 0 bridgehead atoms. The van der Waals surface area contributed by atoms with E-state index in [1.165, 1.54) is 44.9 Å². The molecule has 0 spiro atoms. The van der Waals surface area contributed by atoms with Crippen LogP contribution in [0.5, 0.6) is 0 Å². The van der Waals surface area contributed by atoms with E-state index < -0.39 is 8.07 Å². The number of allylic oxidation sites excluding steroid dienone is 4. The van der Waals surface area contributed by atoms with Gasteiger partial charge in [0.15, 0.2) is 0 Å². The molecule has 22 heavy (non-hydrogen) atoms. The molecule has 2 aliphatic carbocycles. The van der Waals surface area contributed by atoms with Crippen molar-refractivity contribution in [3.05, 3.63) is 59.7 Å². The fraction of sp³-hybridized carbons (Fsp3) is 0.476. The van der Waals surface area contributed by atoms with Crippen LogP contribution in [-0.4, -0.2) is 8.07 Å². The zero-order valence-electron chi connectivity index (χ0n) is 14.1. The number of hydrogen-bond acceptors (Lipinski definition) is 0. The summed E-state index contributed by atoms with van der Waals surface area (Å²) >= 11 is 0. The maximum Gasteiger partial charge on any atom is 0.102 e. The first-order chi connectivity index (χ1) is 10.7. The molecule has 0 nitrogen and oxygen atoms in total. The van der Waals surface area contributed by atoms with Crippen LogP contribution in [0.4, 0.5) is 0 Å². The first-order valence-corrected chi connectivity index (χ1v) is 11.6. The Balaban J connectivity index is 1.95. The van der Waals surface area contributed by atoms with Gasteiger partial charge in [-0.2, -0.15) is 0 Å². The first-order valence-electron chi connectivity index (χ1n) is 9.06. The zero-order valence-corrected chi connectivity index (χ0v) is 15.1. The Morgan fingerprint density at radius 3 is 2.41 bits per heavy atom. The van der Waals surface area contributed by atoms with Crippen molar-refractivity contribution >= 4 is 13.3 Å². The van der Waals surface area contributed by atoms with Crippen LogP contribution in [0.2, 0.25) is 12.1 Å². The van der Waals surface area contributed by atoms with Gasteiger partial charge in [0.1, 0.15) is 8.07 Å². The molecule has 1 fully saturated rings. The summed E-state index contributed by atoms with van der Waals surface area (Å²) in [5.74, 6) is 0. The van der Waals surface area contributed by atoms with Gasteiger partial charge in [0.25, 0.3) is 0 Å². The minimum atomic E-state index is -1.61. The Bertz CT molecular complexity index is 536. The van der Waals surface area contributed by atoms with Crippen molar-refractivity contribution in [3.8, 4) is 0 Å². The second-order valence-electron chi connectivity index (χ2n) is 7.16. The molecule has 0 N–H and O–H groups in total. The fourth-order valence-electron chi connectivity index (χ4n) is 4.36. The normalized spacial score (nSPS) is 22.5. The molecular weight excluding hydrogens is 280 g/mol. The quantitative estimate of drug-likeness (QED) is 0.610. The summed E-state index contributed by atoms with van der Waals surface area (Å²) in [4.78, 5) is 0. The molecule has 1 heteroatoms. The van der Waals surface area contributed by atoms with Gasteiger partial charge in [-0.1, -0.05) is 111 Å². The molecular formula is C21H29Si. The van der Waals surface area contributed by atoms with Crippen molar-refractivity contribution in [2.45, 2.75) is 64.0 Å². The minimum absolute atomic E-state index is 0.917. The van der Waals surface area contributed by atoms with Gasteiger partial charge >= 0.3 is 0 Å². The van der Waals surface area contributed by atoms with Gasteiger partial charge in [-0.3, -0.25) is 0 Å². The van der Waals surface area contributed by atoms with E-state index in [2.05, 4.69) is 62.0 Å². The molecule has 1 aromatic carbocycles. The van der Waals surface area contributed by atoms with E-state index in [0.29, 0.717) is 0 Å². The Labute approximate surface area is 137 Å². The molecule has 1 saturated carbocycles. The van der Waals surface area contributed by atoms with E-state index in [1.54, 1.807) is 16.3 Å². The van der Waals surface area contributed by atoms with Crippen molar-refractivity contribution in [1.29, 1.82) is 0 Å². The lowest BCUT2D eigenvalue weighted by Gasteiger charge is -2.41. The molecule has 3 rings (SSSR count). The number of rotatable bonds is 5. The van der Waals surface area contributed by atoms with Crippen LogP contribution < -0.4 is 5.19 Å². The summed E-state index contributed by atoms with van der Waals surface area (Å²) in [5, 5.41) is 1.63. The van der Waals surface area contributed by atoms with Crippen LogP contribution in [0.25, 0.3) is 0 Å². The summed E-state index contributed by atoms with van der Waals surface area (Å²) in [6.07, 6.45) is 17.0. The molecule has 0 amide bonds. The number of hydrogen-bond donors (Lipinski definition) is 0. The van der Waals surface area contributed by atoms with Crippen LogP contribution >= 0.6 is 0 Å². The predicted octanol–water partition coefficient (Wildman–Crippen LogP) is 5.72. The highest BCUT2D eigenvalue weighted by molar-refractivity contribution is 6.97. The number of benzene rings is 1. The SMILES string of the molecule is CCCC1=C[C]([Si](C)(c2ccccc2)C2CCCCC2)C=C1. The second-order valence-corrected chi connectivity index (χ2v) is 11.5. The lowest BCUT2D eigenvalue weighted by atomic mass is 10.0. The second kappa shape index (κ2) is 7.00. The van der Waals surface area contributed by atoms with Crippen LogP contribution in [0.1, 0.15) is 51.9 Å². The van der Waals surface area contributed by atoms with Crippen LogP contribution in [0, 0.1) is 5.54 Å². The third kappa shape index (κ3) is 3.01. The van der Waals surface area contributed by atoms with Crippen LogP contribution in [-0.2, 0) is 0 Å². The van der Waals surface area contributed by atoms with E-state index >= 15 is 0 Å². The predicted molar refractivity (Wildman–Crippen MR) is 99.9 cm³/mol. The molecule has 0 heterocycles. The molecule has 1 radical (unpaired) electrons. The first kappa shape index (κ1) is 15.8. The Hall–Kier alpha value is -1.08. The standard InChI is InChI=1S/C21H29Si/c1-3-10-18-15-16-21(17-18)22(2,19-11-6-4-7-12-19)20-13-8-5-9-14-20/h4,6-7,11-12,15-17,20H,3,5,8-10,13-14H2,1-2H3. The molecule has 1 atom stereocenters. The van der Waals surface area contributed by atoms with E-state index in [-0.39, 0.29) is 0 Å². The highest BCUT2D eigenvalue weighted by Crippen LogP contribution is 2.44. The van der Waals surface area contributed by atoms with Gasteiger partial charge in [-0.25, -0.2) is 0 Å². The third-order valence-corrected chi connectivity index (χ3v) is 11.0. The zero-order chi connectivity index (χ0) is 15.4. The minimum Gasteiger partial charge on any atom is -0.0757 e. The van der Waals surface area contributed by atoms with E-state index in [0.717, 1.165) is 5.54 Å². The molecule has 117 valence electrons. The van der Waals surface area contributed by atoms with E-state index in [9.17, 15) is 0 Å². The third-order valence-electron chi connectivity index (χ3n) is 5.75. The molecule has 0 aromatic heterocycles. The summed E-state index contributed by atoms with van der Waals surface area (Å²) in [6, 6.07) is 11.4. The average Bonchev–Trinajstić information content (AvgIpc) is 3.05. The summed E-state index contributed by atoms with van der Waals surface area (Å²) < 4.78 is 0. The van der Waals surface area contributed by atoms with E-state index in [4.69, 9.17) is 0 Å². The Morgan fingerprint density at radius 1 is 1.00 bits per heavy atom. The Kier molecular flexibility index (Phi) is 5.02. The Morgan fingerprint density at radius 2 is 1.73 bits per heavy atom. The van der Waals surface area contributed by atoms with Crippen LogP contribution in [0.15, 0.2) is 54.1 Å². The van der Waals surface area contributed by atoms with Crippen molar-refractivity contribution in [1.82, 2.24) is 0 Å². The van der Waals surface area contributed by atoms with Gasteiger partial charge in [0.05, 0.1) is 0 Å². The highest BCUT2D eigenvalue weighted by Gasteiger charge is 2.44. The van der Waals surface area contributed by atoms with Gasteiger partial charge in [-0.05, 0) is 12.0 Å². The maximum absolute atomic E-state index is 2.63. The molecule has 1 aromatic rings. The van der Waals surface area contributed by atoms with Crippen molar-refractivity contribution in [3.63, 3.8) is 0 Å². The van der Waals surface area contributed by atoms with Crippen molar-refractivity contribution in [2.24, 2.45) is 0 Å². The van der Waals surface area contributed by atoms with Gasteiger partial charge < -0.3 is 0 Å². The largest absolute Gasteiger partial charge is 0.102 e. The van der Waals surface area contributed by atoms with Crippen molar-refractivity contribution in [2.75, 3.05) is 0 Å². The molecule has 0 saturated heterocycles. The van der Waals surface area contributed by atoms with Gasteiger partial charge in [0.2, 0.25) is 0 Å². The van der Waals surface area contributed by atoms with E-state index in [1.807, 2.05) is 0 Å². The summed E-state index contributed by atoms with van der Waals surface area (Å²) in [6.45, 7) is 4.91. The average molecular weight is 310 g/mol. The monoisotopic (exact) mass is 309 g/mol. The lowest BCUT2D eigenvalue weighted by Crippen LogP contribution is -2.53. The highest BCUT2D eigenvalue weighted by atomic mass is 28.3. The van der Waals surface area contributed by atoms with Gasteiger partial charge in [0, 0.05) is 5.54 Å². The summed E-state index contributed by atoms with van der Waals surface area (Å²) in [5.41, 5.74) is 4.14. The van der Waals surface area contributed by atoms with Crippen LogP contribution in [0.3, 0.4) is 0 Å². The maximum atomic E-state index is 2.63. The molecule has 0 aliphatic heterocycles. The summed E-state index contributed by atoms with van der Waals surface area (Å²) in [7, 11) is -1.61. The topological polar surface area (TPSA) is 0 Å². The van der Waals surface area contributed by atoms with Gasteiger partial charge in [-0.15, -0.1) is 0 Å². The van der Waals surface area contributed by atoms with Crippen molar-refractivity contribution < 1.29 is 0 Å². The lowest BCUT2D eigenvalue weighted by molar-refractivity contribution is 0.494. The fourth-order valence-corrected chi connectivity index (χ4v) is 9.00. The smallest absolute Gasteiger partial charge is 0.0757 e. The molecule has 1 unspecified atom stereocenters.